The van der Waals surface area contributed by atoms with E-state index in [2.05, 4.69) is 49.7 Å². The number of amides is 1. The fraction of sp³-hybridized carbons (Fsp3) is 0.286. The summed E-state index contributed by atoms with van der Waals surface area (Å²) in [5.74, 6) is 0.976. The summed E-state index contributed by atoms with van der Waals surface area (Å²) in [7, 11) is 0. The van der Waals surface area contributed by atoms with E-state index in [0.29, 0.717) is 21.8 Å². The Bertz CT molecular complexity index is 947. The van der Waals surface area contributed by atoms with Gasteiger partial charge in [-0.05, 0) is 36.2 Å². The standard InChI is InChI=1S/C21H22ClN5OS/c22-17-8-6-16(7-9-17)20-24-21(26-25-20)29-14-19(28)23-18-10-11-27(13-18)12-15-4-2-1-3-5-15/h1-9,18H,10-14H2,(H,23,28)(H,24,25,26). The van der Waals surface area contributed by atoms with Crippen molar-refractivity contribution in [2.45, 2.75) is 24.2 Å². The first kappa shape index (κ1) is 19.9. The summed E-state index contributed by atoms with van der Waals surface area (Å²) < 4.78 is 0. The number of nitrogens with zero attached hydrogens (tertiary/aromatic N) is 3. The molecule has 1 unspecified atom stereocenters. The molecule has 1 aliphatic heterocycles. The van der Waals surface area contributed by atoms with Gasteiger partial charge in [0.1, 0.15) is 0 Å². The summed E-state index contributed by atoms with van der Waals surface area (Å²) in [6, 6.07) is 18.0. The minimum atomic E-state index is 0.0133. The van der Waals surface area contributed by atoms with E-state index in [1.54, 1.807) is 0 Å². The molecule has 0 bridgehead atoms. The largest absolute Gasteiger partial charge is 0.351 e. The summed E-state index contributed by atoms with van der Waals surface area (Å²) in [5.41, 5.74) is 2.21. The van der Waals surface area contributed by atoms with Gasteiger partial charge in [-0.1, -0.05) is 53.7 Å². The molecule has 1 saturated heterocycles. The van der Waals surface area contributed by atoms with Crippen molar-refractivity contribution in [3.63, 3.8) is 0 Å². The van der Waals surface area contributed by atoms with Gasteiger partial charge in [0.25, 0.3) is 0 Å². The number of carbonyl (C=O) groups is 1. The van der Waals surface area contributed by atoms with E-state index in [-0.39, 0.29) is 11.9 Å². The minimum absolute atomic E-state index is 0.0133. The third-order valence-corrected chi connectivity index (χ3v) is 5.90. The molecule has 150 valence electrons. The maximum absolute atomic E-state index is 12.3. The second kappa shape index (κ2) is 9.43. The van der Waals surface area contributed by atoms with Crippen LogP contribution < -0.4 is 5.32 Å². The van der Waals surface area contributed by atoms with Crippen molar-refractivity contribution in [3.8, 4) is 11.4 Å². The van der Waals surface area contributed by atoms with Gasteiger partial charge < -0.3 is 5.32 Å². The molecule has 1 amide bonds. The van der Waals surface area contributed by atoms with Crippen molar-refractivity contribution in [1.29, 1.82) is 0 Å². The predicted octanol–water partition coefficient (Wildman–Crippen LogP) is 3.61. The Labute approximate surface area is 179 Å². The van der Waals surface area contributed by atoms with Crippen molar-refractivity contribution < 1.29 is 4.79 Å². The van der Waals surface area contributed by atoms with Gasteiger partial charge in [0.2, 0.25) is 11.1 Å². The Morgan fingerprint density at radius 2 is 2.00 bits per heavy atom. The van der Waals surface area contributed by atoms with E-state index in [4.69, 9.17) is 11.6 Å². The fourth-order valence-electron chi connectivity index (χ4n) is 3.38. The first-order chi connectivity index (χ1) is 14.2. The molecule has 1 atom stereocenters. The van der Waals surface area contributed by atoms with Crippen LogP contribution in [0.25, 0.3) is 11.4 Å². The number of carbonyl (C=O) groups excluding carboxylic acids is 1. The van der Waals surface area contributed by atoms with Gasteiger partial charge in [-0.3, -0.25) is 14.8 Å². The highest BCUT2D eigenvalue weighted by molar-refractivity contribution is 7.99. The lowest BCUT2D eigenvalue weighted by atomic mass is 10.2. The zero-order chi connectivity index (χ0) is 20.1. The minimum Gasteiger partial charge on any atom is -0.351 e. The molecule has 0 saturated carbocycles. The summed E-state index contributed by atoms with van der Waals surface area (Å²) in [6.07, 6.45) is 0.977. The number of benzene rings is 2. The highest BCUT2D eigenvalue weighted by Crippen LogP contribution is 2.21. The number of hydrogen-bond donors (Lipinski definition) is 2. The van der Waals surface area contributed by atoms with Gasteiger partial charge in [-0.2, -0.15) is 0 Å². The topological polar surface area (TPSA) is 73.9 Å². The maximum Gasteiger partial charge on any atom is 0.230 e. The quantitative estimate of drug-likeness (QED) is 0.563. The second-order valence-corrected chi connectivity index (χ2v) is 8.41. The van der Waals surface area contributed by atoms with Gasteiger partial charge >= 0.3 is 0 Å². The SMILES string of the molecule is O=C(CSc1n[nH]c(-c2ccc(Cl)cc2)n1)NC1CCN(Cc2ccccc2)C1. The van der Waals surface area contributed by atoms with Gasteiger partial charge in [0.05, 0.1) is 5.75 Å². The Morgan fingerprint density at radius 1 is 1.21 bits per heavy atom. The van der Waals surface area contributed by atoms with Crippen LogP contribution in [-0.4, -0.2) is 50.9 Å². The van der Waals surface area contributed by atoms with Crippen molar-refractivity contribution in [2.75, 3.05) is 18.8 Å². The van der Waals surface area contributed by atoms with Crippen molar-refractivity contribution in [2.24, 2.45) is 0 Å². The van der Waals surface area contributed by atoms with Crippen LogP contribution in [0.3, 0.4) is 0 Å². The summed E-state index contributed by atoms with van der Waals surface area (Å²) >= 11 is 7.24. The van der Waals surface area contributed by atoms with Crippen LogP contribution in [0.1, 0.15) is 12.0 Å². The Kier molecular flexibility index (Phi) is 6.49. The molecule has 29 heavy (non-hydrogen) atoms. The number of hydrogen-bond acceptors (Lipinski definition) is 5. The average Bonchev–Trinajstić information content (AvgIpc) is 3.37. The van der Waals surface area contributed by atoms with Gasteiger partial charge in [0.15, 0.2) is 5.82 Å². The predicted molar refractivity (Wildman–Crippen MR) is 116 cm³/mol. The third-order valence-electron chi connectivity index (χ3n) is 4.80. The molecule has 0 aliphatic carbocycles. The van der Waals surface area contributed by atoms with Crippen LogP contribution in [0.2, 0.25) is 5.02 Å². The van der Waals surface area contributed by atoms with Crippen molar-refractivity contribution in [1.82, 2.24) is 25.4 Å². The molecule has 1 aliphatic rings. The molecule has 8 heteroatoms. The Balaban J connectivity index is 1.22. The molecule has 0 spiro atoms. The summed E-state index contributed by atoms with van der Waals surface area (Å²) in [5, 5.41) is 11.4. The molecule has 3 aromatic rings. The van der Waals surface area contributed by atoms with Crippen LogP contribution in [-0.2, 0) is 11.3 Å². The van der Waals surface area contributed by atoms with Gasteiger partial charge in [-0.25, -0.2) is 4.98 Å². The molecule has 1 aromatic heterocycles. The first-order valence-corrected chi connectivity index (χ1v) is 10.9. The molecule has 2 heterocycles. The van der Waals surface area contributed by atoms with E-state index in [1.165, 1.54) is 17.3 Å². The van der Waals surface area contributed by atoms with Crippen LogP contribution in [0.15, 0.2) is 59.8 Å². The third kappa shape index (κ3) is 5.59. The number of rotatable bonds is 7. The number of H-pyrrole nitrogens is 1. The Hall–Kier alpha value is -2.35. The average molecular weight is 428 g/mol. The van der Waals surface area contributed by atoms with E-state index in [1.807, 2.05) is 30.3 Å². The molecular weight excluding hydrogens is 406 g/mol. The molecule has 2 aromatic carbocycles. The number of aromatic amines is 1. The highest BCUT2D eigenvalue weighted by atomic mass is 35.5. The Morgan fingerprint density at radius 3 is 2.79 bits per heavy atom. The van der Waals surface area contributed by atoms with E-state index in [9.17, 15) is 4.79 Å². The molecule has 2 N–H and O–H groups in total. The van der Waals surface area contributed by atoms with Crippen molar-refractivity contribution in [3.05, 3.63) is 65.2 Å². The van der Waals surface area contributed by atoms with Crippen LogP contribution in [0, 0.1) is 0 Å². The number of halogens is 1. The number of thioether (sulfide) groups is 1. The van der Waals surface area contributed by atoms with Gasteiger partial charge in [0, 0.05) is 36.3 Å². The molecular formula is C21H22ClN5OS. The van der Waals surface area contributed by atoms with E-state index >= 15 is 0 Å². The summed E-state index contributed by atoms with van der Waals surface area (Å²) in [4.78, 5) is 19.1. The number of nitrogens with one attached hydrogen (secondary N) is 2. The first-order valence-electron chi connectivity index (χ1n) is 9.52. The second-order valence-electron chi connectivity index (χ2n) is 7.04. The monoisotopic (exact) mass is 427 g/mol. The number of aromatic nitrogens is 3. The lowest BCUT2D eigenvalue weighted by molar-refractivity contribution is -0.119. The van der Waals surface area contributed by atoms with Crippen molar-refractivity contribution >= 4 is 29.3 Å². The normalized spacial score (nSPS) is 16.8. The molecule has 4 rings (SSSR count). The van der Waals surface area contributed by atoms with Crippen LogP contribution >= 0.6 is 23.4 Å². The molecule has 1 fully saturated rings. The number of likely N-dealkylation sites (tertiary alicyclic amines) is 1. The lowest BCUT2D eigenvalue weighted by Gasteiger charge is -2.16. The zero-order valence-corrected chi connectivity index (χ0v) is 17.4. The molecule has 6 nitrogen and oxygen atoms in total. The highest BCUT2D eigenvalue weighted by Gasteiger charge is 2.24. The fourth-order valence-corrected chi connectivity index (χ4v) is 4.12. The summed E-state index contributed by atoms with van der Waals surface area (Å²) in [6.45, 7) is 2.80. The maximum atomic E-state index is 12.3. The molecule has 0 radical (unpaired) electrons. The van der Waals surface area contributed by atoms with Gasteiger partial charge in [-0.15, -0.1) is 5.10 Å². The van der Waals surface area contributed by atoms with Crippen LogP contribution in [0.4, 0.5) is 0 Å². The zero-order valence-electron chi connectivity index (χ0n) is 15.8. The van der Waals surface area contributed by atoms with E-state index < -0.39 is 0 Å². The smallest absolute Gasteiger partial charge is 0.230 e. The lowest BCUT2D eigenvalue weighted by Crippen LogP contribution is -2.38. The van der Waals surface area contributed by atoms with E-state index in [0.717, 1.165) is 31.6 Å². The van der Waals surface area contributed by atoms with Crippen LogP contribution in [0.5, 0.6) is 0 Å².